The summed E-state index contributed by atoms with van der Waals surface area (Å²) in [6.07, 6.45) is 10.7. The van der Waals surface area contributed by atoms with E-state index in [1.165, 1.54) is 12.8 Å². The Hall–Kier alpha value is -3.39. The van der Waals surface area contributed by atoms with Gasteiger partial charge in [-0.25, -0.2) is 4.98 Å². The normalized spacial score (nSPS) is 14.7. The summed E-state index contributed by atoms with van der Waals surface area (Å²) in [5.41, 5.74) is 4.23. The molecule has 0 radical (unpaired) electrons. The average molecular weight is 461 g/mol. The summed E-state index contributed by atoms with van der Waals surface area (Å²) in [4.78, 5) is 14.2. The number of furan rings is 1. The van der Waals surface area contributed by atoms with Crippen molar-refractivity contribution in [2.75, 3.05) is 17.2 Å². The van der Waals surface area contributed by atoms with Gasteiger partial charge in [0.15, 0.2) is 17.0 Å². The molecule has 0 bridgehead atoms. The van der Waals surface area contributed by atoms with E-state index in [0.29, 0.717) is 37.3 Å². The first-order chi connectivity index (χ1) is 16.5. The predicted molar refractivity (Wildman–Crippen MR) is 134 cm³/mol. The van der Waals surface area contributed by atoms with E-state index < -0.39 is 5.60 Å². The van der Waals surface area contributed by atoms with E-state index in [2.05, 4.69) is 44.5 Å². The molecule has 3 N–H and O–H groups in total. The fourth-order valence-electron chi connectivity index (χ4n) is 4.48. The van der Waals surface area contributed by atoms with Gasteiger partial charge in [-0.05, 0) is 50.3 Å². The SMILES string of the molecule is CC(C)(O)CCNc1nc(NCc2ccc(-c3ccoc3)cc2)c2ncn(C3CCCC3)c2n1. The third kappa shape index (κ3) is 5.07. The molecule has 0 unspecified atom stereocenters. The van der Waals surface area contributed by atoms with E-state index in [9.17, 15) is 5.11 Å². The number of hydrogen-bond donors (Lipinski definition) is 3. The zero-order chi connectivity index (χ0) is 23.5. The summed E-state index contributed by atoms with van der Waals surface area (Å²) in [6, 6.07) is 10.8. The van der Waals surface area contributed by atoms with Gasteiger partial charge in [0, 0.05) is 24.7 Å². The van der Waals surface area contributed by atoms with Gasteiger partial charge in [-0.3, -0.25) is 0 Å². The molecule has 1 aliphatic rings. The molecule has 0 spiro atoms. The molecule has 0 aliphatic heterocycles. The highest BCUT2D eigenvalue weighted by atomic mass is 16.3. The number of nitrogens with zero attached hydrogens (tertiary/aromatic N) is 4. The van der Waals surface area contributed by atoms with E-state index >= 15 is 0 Å². The van der Waals surface area contributed by atoms with Crippen molar-refractivity contribution < 1.29 is 9.52 Å². The monoisotopic (exact) mass is 460 g/mol. The zero-order valence-electron chi connectivity index (χ0n) is 19.8. The van der Waals surface area contributed by atoms with Crippen LogP contribution in [0.5, 0.6) is 0 Å². The Bertz CT molecular complexity index is 1220. The van der Waals surface area contributed by atoms with Crippen molar-refractivity contribution in [3.63, 3.8) is 0 Å². The summed E-state index contributed by atoms with van der Waals surface area (Å²) in [5, 5.41) is 16.8. The van der Waals surface area contributed by atoms with Crippen molar-refractivity contribution >= 4 is 22.9 Å². The first-order valence-corrected chi connectivity index (χ1v) is 12.0. The Morgan fingerprint density at radius 2 is 1.85 bits per heavy atom. The number of fused-ring (bicyclic) bond motifs is 1. The minimum atomic E-state index is -0.744. The van der Waals surface area contributed by atoms with Gasteiger partial charge in [0.2, 0.25) is 5.95 Å². The summed E-state index contributed by atoms with van der Waals surface area (Å²) in [6.45, 7) is 4.82. The summed E-state index contributed by atoms with van der Waals surface area (Å²) in [7, 11) is 0. The van der Waals surface area contributed by atoms with Crippen molar-refractivity contribution in [3.05, 3.63) is 54.7 Å². The maximum absolute atomic E-state index is 10.1. The lowest BCUT2D eigenvalue weighted by atomic mass is 10.1. The molecule has 1 saturated carbocycles. The van der Waals surface area contributed by atoms with E-state index in [-0.39, 0.29) is 0 Å². The predicted octanol–water partition coefficient (Wildman–Crippen LogP) is 5.39. The van der Waals surface area contributed by atoms with Crippen molar-refractivity contribution in [2.24, 2.45) is 0 Å². The van der Waals surface area contributed by atoms with E-state index in [4.69, 9.17) is 14.4 Å². The molecule has 1 fully saturated rings. The highest BCUT2D eigenvalue weighted by Crippen LogP contribution is 2.33. The molecule has 34 heavy (non-hydrogen) atoms. The van der Waals surface area contributed by atoms with Crippen molar-refractivity contribution in [1.82, 2.24) is 19.5 Å². The number of aliphatic hydroxyl groups is 1. The van der Waals surface area contributed by atoms with Crippen LogP contribution in [0.3, 0.4) is 0 Å². The Labute approximate surface area is 199 Å². The molecule has 8 nitrogen and oxygen atoms in total. The second-order valence-corrected chi connectivity index (χ2v) is 9.71. The number of rotatable bonds is 9. The lowest BCUT2D eigenvalue weighted by Gasteiger charge is -2.17. The van der Waals surface area contributed by atoms with Crippen LogP contribution in [0.25, 0.3) is 22.3 Å². The van der Waals surface area contributed by atoms with Crippen LogP contribution < -0.4 is 10.6 Å². The average Bonchev–Trinajstić information content (AvgIpc) is 3.58. The van der Waals surface area contributed by atoms with Crippen molar-refractivity contribution in [2.45, 2.75) is 64.1 Å². The Kier molecular flexibility index (Phi) is 6.24. The standard InChI is InChI=1S/C26H32N6O2/c1-26(2,33)12-13-27-25-30-23(22-24(31-25)32(17-29-22)21-5-3-4-6-21)28-15-18-7-9-19(10-8-18)20-11-14-34-16-20/h7-11,14,16-17,21,33H,3-6,12-13,15H2,1-2H3,(H2,27,28,30,31). The van der Waals surface area contributed by atoms with Gasteiger partial charge in [-0.15, -0.1) is 0 Å². The van der Waals surface area contributed by atoms with Crippen LogP contribution in [-0.4, -0.2) is 36.8 Å². The van der Waals surface area contributed by atoms with E-state index in [1.807, 2.05) is 12.4 Å². The molecule has 4 aromatic rings. The fraction of sp³-hybridized carbons (Fsp3) is 0.423. The topological polar surface area (TPSA) is 101 Å². The summed E-state index contributed by atoms with van der Waals surface area (Å²) in [5.74, 6) is 1.26. The second-order valence-electron chi connectivity index (χ2n) is 9.71. The van der Waals surface area contributed by atoms with Crippen LogP contribution in [0.15, 0.2) is 53.6 Å². The van der Waals surface area contributed by atoms with Gasteiger partial charge in [-0.2, -0.15) is 9.97 Å². The molecule has 0 amide bonds. The Morgan fingerprint density at radius 1 is 1.06 bits per heavy atom. The molecule has 178 valence electrons. The van der Waals surface area contributed by atoms with Gasteiger partial charge in [-0.1, -0.05) is 37.1 Å². The van der Waals surface area contributed by atoms with E-state index in [1.54, 1.807) is 26.4 Å². The molecular formula is C26H32N6O2. The zero-order valence-corrected chi connectivity index (χ0v) is 19.8. The van der Waals surface area contributed by atoms with Crippen LogP contribution in [0, 0.1) is 0 Å². The van der Waals surface area contributed by atoms with Crippen LogP contribution in [-0.2, 0) is 6.54 Å². The number of nitrogens with one attached hydrogen (secondary N) is 2. The third-order valence-electron chi connectivity index (χ3n) is 6.43. The van der Waals surface area contributed by atoms with Crippen LogP contribution in [0.1, 0.15) is 57.6 Å². The highest BCUT2D eigenvalue weighted by molar-refractivity contribution is 5.84. The number of benzene rings is 1. The van der Waals surface area contributed by atoms with E-state index in [0.717, 1.165) is 40.7 Å². The van der Waals surface area contributed by atoms with Crippen molar-refractivity contribution in [3.8, 4) is 11.1 Å². The highest BCUT2D eigenvalue weighted by Gasteiger charge is 2.22. The second kappa shape index (κ2) is 9.46. The third-order valence-corrected chi connectivity index (χ3v) is 6.43. The van der Waals surface area contributed by atoms with Crippen LogP contribution in [0.2, 0.25) is 0 Å². The smallest absolute Gasteiger partial charge is 0.226 e. The molecule has 3 aromatic heterocycles. The molecule has 1 aromatic carbocycles. The Morgan fingerprint density at radius 3 is 2.56 bits per heavy atom. The number of anilines is 2. The maximum Gasteiger partial charge on any atom is 0.226 e. The first kappa shape index (κ1) is 22.4. The minimum Gasteiger partial charge on any atom is -0.472 e. The molecule has 5 rings (SSSR count). The van der Waals surface area contributed by atoms with Crippen LogP contribution in [0.4, 0.5) is 11.8 Å². The molecule has 8 heteroatoms. The van der Waals surface area contributed by atoms with Gasteiger partial charge in [0.05, 0.1) is 24.5 Å². The number of hydrogen-bond acceptors (Lipinski definition) is 7. The summed E-state index contributed by atoms with van der Waals surface area (Å²) >= 11 is 0. The number of aromatic nitrogens is 4. The largest absolute Gasteiger partial charge is 0.472 e. The molecule has 0 atom stereocenters. The lowest BCUT2D eigenvalue weighted by Crippen LogP contribution is -2.23. The number of imidazole rings is 1. The van der Waals surface area contributed by atoms with Gasteiger partial charge >= 0.3 is 0 Å². The molecule has 1 aliphatic carbocycles. The maximum atomic E-state index is 10.1. The van der Waals surface area contributed by atoms with Gasteiger partial charge in [0.25, 0.3) is 0 Å². The fourth-order valence-corrected chi connectivity index (χ4v) is 4.48. The lowest BCUT2D eigenvalue weighted by molar-refractivity contribution is 0.0748. The van der Waals surface area contributed by atoms with Crippen molar-refractivity contribution in [1.29, 1.82) is 0 Å². The van der Waals surface area contributed by atoms with Crippen LogP contribution >= 0.6 is 0 Å². The molecule has 3 heterocycles. The molecular weight excluding hydrogens is 428 g/mol. The Balaban J connectivity index is 1.38. The van der Waals surface area contributed by atoms with Gasteiger partial charge in [0.1, 0.15) is 0 Å². The quantitative estimate of drug-likeness (QED) is 0.308. The molecule has 0 saturated heterocycles. The summed E-state index contributed by atoms with van der Waals surface area (Å²) < 4.78 is 7.39. The first-order valence-electron chi connectivity index (χ1n) is 12.0. The van der Waals surface area contributed by atoms with Gasteiger partial charge < -0.3 is 24.7 Å². The minimum absolute atomic E-state index is 0.437.